The van der Waals surface area contributed by atoms with E-state index in [1.165, 1.54) is 6.42 Å². The second kappa shape index (κ2) is 9.14. The average molecular weight is 282 g/mol. The van der Waals surface area contributed by atoms with Crippen LogP contribution < -0.4 is 0 Å². The summed E-state index contributed by atoms with van der Waals surface area (Å²) >= 11 is 0. The van der Waals surface area contributed by atoms with Gasteiger partial charge in [-0.1, -0.05) is 19.9 Å². The number of carbonyl (C=O) groups is 1. The maximum Gasteiger partial charge on any atom is 0.246 e. The number of hydrogen-bond donors (Lipinski definition) is 0. The minimum atomic E-state index is 0.162. The molecular formula is C16H30N2O2. The Morgan fingerprint density at radius 1 is 1.50 bits per heavy atom. The van der Waals surface area contributed by atoms with E-state index >= 15 is 0 Å². The Balaban J connectivity index is 2.34. The number of rotatable bonds is 7. The summed E-state index contributed by atoms with van der Waals surface area (Å²) in [5, 5.41) is 0. The molecule has 0 bridgehead atoms. The minimum Gasteiger partial charge on any atom is -0.383 e. The largest absolute Gasteiger partial charge is 0.383 e. The molecule has 4 heteroatoms. The molecule has 0 aromatic carbocycles. The molecule has 0 N–H and O–H groups in total. The lowest BCUT2D eigenvalue weighted by Crippen LogP contribution is -2.40. The highest BCUT2D eigenvalue weighted by Gasteiger charge is 2.24. The van der Waals surface area contributed by atoms with Gasteiger partial charge in [0.15, 0.2) is 0 Å². The first-order chi connectivity index (χ1) is 9.54. The maximum atomic E-state index is 12.2. The Labute approximate surface area is 123 Å². The summed E-state index contributed by atoms with van der Waals surface area (Å²) in [7, 11) is 3.73. The Hall–Kier alpha value is -0.870. The van der Waals surface area contributed by atoms with Gasteiger partial charge in [0.1, 0.15) is 0 Å². The number of piperidine rings is 1. The van der Waals surface area contributed by atoms with Crippen molar-refractivity contribution in [1.82, 2.24) is 9.80 Å². The quantitative estimate of drug-likeness (QED) is 0.670. The minimum absolute atomic E-state index is 0.162. The van der Waals surface area contributed by atoms with Crippen molar-refractivity contribution in [2.45, 2.75) is 26.7 Å². The SMILES string of the molecule is COCCN(C)C/C=C/C(=O)N1CCCC(C(C)C)C1. The number of likely N-dealkylation sites (tertiary alicyclic amines) is 1. The lowest BCUT2D eigenvalue weighted by atomic mass is 9.88. The van der Waals surface area contributed by atoms with Crippen LogP contribution in [0.2, 0.25) is 0 Å². The van der Waals surface area contributed by atoms with E-state index in [0.717, 1.165) is 39.2 Å². The summed E-state index contributed by atoms with van der Waals surface area (Å²) in [4.78, 5) is 16.3. The van der Waals surface area contributed by atoms with Gasteiger partial charge in [0, 0.05) is 39.4 Å². The number of ether oxygens (including phenoxy) is 1. The predicted octanol–water partition coefficient (Wildman–Crippen LogP) is 2.02. The zero-order valence-electron chi connectivity index (χ0n) is 13.5. The summed E-state index contributed by atoms with van der Waals surface area (Å²) < 4.78 is 5.03. The van der Waals surface area contributed by atoms with Gasteiger partial charge in [0.25, 0.3) is 0 Å². The van der Waals surface area contributed by atoms with E-state index < -0.39 is 0 Å². The van der Waals surface area contributed by atoms with Crippen LogP contribution in [0.4, 0.5) is 0 Å². The number of amides is 1. The number of carbonyl (C=O) groups excluding carboxylic acids is 1. The van der Waals surface area contributed by atoms with Gasteiger partial charge in [0.05, 0.1) is 6.61 Å². The molecule has 0 radical (unpaired) electrons. The predicted molar refractivity (Wildman–Crippen MR) is 82.7 cm³/mol. The first-order valence-corrected chi connectivity index (χ1v) is 7.67. The third-order valence-electron chi connectivity index (χ3n) is 4.07. The van der Waals surface area contributed by atoms with Gasteiger partial charge in [0.2, 0.25) is 5.91 Å². The van der Waals surface area contributed by atoms with Gasteiger partial charge < -0.3 is 14.5 Å². The summed E-state index contributed by atoms with van der Waals surface area (Å²) in [6.45, 7) is 8.72. The standard InChI is InChI=1S/C16H30N2O2/c1-14(2)15-7-5-10-18(13-15)16(19)8-6-9-17(3)11-12-20-4/h6,8,14-15H,5,7,9-13H2,1-4H3/b8-6+. The molecule has 4 nitrogen and oxygen atoms in total. The maximum absolute atomic E-state index is 12.2. The Morgan fingerprint density at radius 3 is 2.90 bits per heavy atom. The molecule has 1 saturated heterocycles. The van der Waals surface area contributed by atoms with Crippen LogP contribution in [-0.4, -0.2) is 62.7 Å². The Bertz CT molecular complexity index is 316. The first-order valence-electron chi connectivity index (χ1n) is 7.67. The molecule has 20 heavy (non-hydrogen) atoms. The van der Waals surface area contributed by atoms with E-state index in [1.54, 1.807) is 13.2 Å². The van der Waals surface area contributed by atoms with Gasteiger partial charge in [-0.2, -0.15) is 0 Å². The van der Waals surface area contributed by atoms with Gasteiger partial charge in [-0.15, -0.1) is 0 Å². The van der Waals surface area contributed by atoms with Crippen molar-refractivity contribution in [1.29, 1.82) is 0 Å². The van der Waals surface area contributed by atoms with E-state index in [0.29, 0.717) is 11.8 Å². The van der Waals surface area contributed by atoms with E-state index in [9.17, 15) is 4.79 Å². The van der Waals surface area contributed by atoms with Crippen LogP contribution in [0.5, 0.6) is 0 Å². The third kappa shape index (κ3) is 6.06. The summed E-state index contributed by atoms with van der Waals surface area (Å²) in [6, 6.07) is 0. The van der Waals surface area contributed by atoms with E-state index in [4.69, 9.17) is 4.74 Å². The summed E-state index contributed by atoms with van der Waals surface area (Å²) in [5.41, 5.74) is 0. The van der Waals surface area contributed by atoms with Crippen molar-refractivity contribution >= 4 is 5.91 Å². The lowest BCUT2D eigenvalue weighted by molar-refractivity contribution is -0.128. The first kappa shape index (κ1) is 17.2. The lowest BCUT2D eigenvalue weighted by Gasteiger charge is -2.34. The van der Waals surface area contributed by atoms with Crippen LogP contribution in [0, 0.1) is 11.8 Å². The molecule has 1 amide bonds. The number of hydrogen-bond acceptors (Lipinski definition) is 3. The number of nitrogens with zero attached hydrogens (tertiary/aromatic N) is 2. The fourth-order valence-electron chi connectivity index (χ4n) is 2.53. The fraction of sp³-hybridized carbons (Fsp3) is 0.812. The molecule has 0 aromatic heterocycles. The van der Waals surface area contributed by atoms with Crippen LogP contribution >= 0.6 is 0 Å². The van der Waals surface area contributed by atoms with Crippen molar-refractivity contribution in [2.24, 2.45) is 11.8 Å². The molecule has 1 atom stereocenters. The Morgan fingerprint density at radius 2 is 2.25 bits per heavy atom. The van der Waals surface area contributed by atoms with Crippen LogP contribution in [0.25, 0.3) is 0 Å². The van der Waals surface area contributed by atoms with E-state index in [2.05, 4.69) is 18.7 Å². The Kier molecular flexibility index (Phi) is 7.85. The van der Waals surface area contributed by atoms with Crippen LogP contribution in [0.1, 0.15) is 26.7 Å². The number of methoxy groups -OCH3 is 1. The highest BCUT2D eigenvalue weighted by molar-refractivity contribution is 5.87. The fourth-order valence-corrected chi connectivity index (χ4v) is 2.53. The topological polar surface area (TPSA) is 32.8 Å². The molecule has 116 valence electrons. The molecular weight excluding hydrogens is 252 g/mol. The van der Waals surface area contributed by atoms with Gasteiger partial charge >= 0.3 is 0 Å². The highest BCUT2D eigenvalue weighted by atomic mass is 16.5. The van der Waals surface area contributed by atoms with Crippen LogP contribution in [0.3, 0.4) is 0 Å². The smallest absolute Gasteiger partial charge is 0.246 e. The third-order valence-corrected chi connectivity index (χ3v) is 4.07. The van der Waals surface area contributed by atoms with Gasteiger partial charge in [-0.3, -0.25) is 4.79 Å². The highest BCUT2D eigenvalue weighted by Crippen LogP contribution is 2.23. The van der Waals surface area contributed by atoms with Crippen molar-refractivity contribution in [3.05, 3.63) is 12.2 Å². The molecule has 1 unspecified atom stereocenters. The zero-order chi connectivity index (χ0) is 15.0. The van der Waals surface area contributed by atoms with Crippen LogP contribution in [0.15, 0.2) is 12.2 Å². The molecule has 0 saturated carbocycles. The van der Waals surface area contributed by atoms with E-state index in [1.807, 2.05) is 18.0 Å². The molecule has 1 heterocycles. The molecule has 1 fully saturated rings. The second-order valence-corrected chi connectivity index (χ2v) is 6.09. The second-order valence-electron chi connectivity index (χ2n) is 6.09. The van der Waals surface area contributed by atoms with Gasteiger partial charge in [-0.25, -0.2) is 0 Å². The average Bonchev–Trinajstić information content (AvgIpc) is 2.45. The molecule has 0 spiro atoms. The molecule has 1 aliphatic heterocycles. The molecule has 1 rings (SSSR count). The van der Waals surface area contributed by atoms with Crippen molar-refractivity contribution < 1.29 is 9.53 Å². The molecule has 0 aromatic rings. The number of likely N-dealkylation sites (N-methyl/N-ethyl adjacent to an activating group) is 1. The molecule has 1 aliphatic rings. The summed E-state index contributed by atoms with van der Waals surface area (Å²) in [6.07, 6.45) is 6.07. The van der Waals surface area contributed by atoms with Crippen molar-refractivity contribution in [3.63, 3.8) is 0 Å². The van der Waals surface area contributed by atoms with Crippen molar-refractivity contribution in [2.75, 3.05) is 46.9 Å². The van der Waals surface area contributed by atoms with Crippen LogP contribution in [-0.2, 0) is 9.53 Å². The summed E-state index contributed by atoms with van der Waals surface area (Å²) in [5.74, 6) is 1.48. The van der Waals surface area contributed by atoms with E-state index in [-0.39, 0.29) is 5.91 Å². The van der Waals surface area contributed by atoms with Crippen molar-refractivity contribution in [3.8, 4) is 0 Å². The van der Waals surface area contributed by atoms with Gasteiger partial charge in [-0.05, 0) is 31.7 Å². The normalized spacial score (nSPS) is 20.3. The monoisotopic (exact) mass is 282 g/mol. The zero-order valence-corrected chi connectivity index (χ0v) is 13.5. The molecule has 0 aliphatic carbocycles.